The number of cyclic esters (lactones) is 1. The van der Waals surface area contributed by atoms with Gasteiger partial charge in [0, 0.05) is 11.1 Å². The van der Waals surface area contributed by atoms with Gasteiger partial charge in [0.15, 0.2) is 5.78 Å². The number of benzene rings is 1. The first-order valence-corrected chi connectivity index (χ1v) is 8.02. The average Bonchev–Trinajstić information content (AvgIpc) is 3.05. The summed E-state index contributed by atoms with van der Waals surface area (Å²) in [7, 11) is 0. The monoisotopic (exact) mass is 316 g/mol. The van der Waals surface area contributed by atoms with Gasteiger partial charge in [-0.25, -0.2) is 4.79 Å². The molecular weight excluding hydrogens is 294 g/mol. The van der Waals surface area contributed by atoms with Gasteiger partial charge in [0.05, 0.1) is 17.0 Å². The fourth-order valence-electron chi connectivity index (χ4n) is 3.92. The first-order chi connectivity index (χ1) is 11.3. The second-order valence-corrected chi connectivity index (χ2v) is 7.70. The van der Waals surface area contributed by atoms with Gasteiger partial charge in [-0.2, -0.15) is 0 Å². The Labute approximate surface area is 136 Å². The van der Waals surface area contributed by atoms with E-state index in [-0.39, 0.29) is 30.4 Å². The summed E-state index contributed by atoms with van der Waals surface area (Å²) in [5.74, 6) is 0.343. The summed E-state index contributed by atoms with van der Waals surface area (Å²) in [4.78, 5) is 25.1. The number of piperidine rings is 1. The average molecular weight is 316 g/mol. The normalized spacial score (nSPS) is 30.7. The Morgan fingerprint density at radius 2 is 2.09 bits per heavy atom. The topological polar surface area (TPSA) is 64.6 Å². The highest BCUT2D eigenvalue weighted by Gasteiger charge is 2.54. The molecule has 1 aromatic carbocycles. The molecule has 3 aliphatic rings. The van der Waals surface area contributed by atoms with E-state index in [4.69, 9.17) is 10.9 Å². The molecule has 5 nitrogen and oxygen atoms in total. The van der Waals surface area contributed by atoms with Gasteiger partial charge in [-0.15, -0.1) is 0 Å². The molecule has 1 N–H and O–H groups in total. The fraction of sp³-hybridized carbons (Fsp3) is 0.556. The number of carbonyl (C=O) groups is 2. The summed E-state index contributed by atoms with van der Waals surface area (Å²) in [5, 5.41) is 1.41. The van der Waals surface area contributed by atoms with E-state index in [1.165, 1.54) is 5.31 Å². The fourth-order valence-corrected chi connectivity index (χ4v) is 3.92. The number of Topliss-reactive ketones (excluding diaryl/α,β-unsaturated/α-hetero) is 1. The van der Waals surface area contributed by atoms with Crippen LogP contribution in [-0.2, 0) is 21.6 Å². The van der Waals surface area contributed by atoms with Gasteiger partial charge < -0.3 is 14.8 Å². The van der Waals surface area contributed by atoms with E-state index in [9.17, 15) is 9.59 Å². The zero-order valence-electron chi connectivity index (χ0n) is 14.6. The van der Waals surface area contributed by atoms with Crippen LogP contribution in [0.2, 0.25) is 1.41 Å². The van der Waals surface area contributed by atoms with Gasteiger partial charge in [0.1, 0.15) is 20.4 Å². The molecule has 1 aromatic rings. The van der Waals surface area contributed by atoms with E-state index in [0.29, 0.717) is 24.3 Å². The predicted molar refractivity (Wildman–Crippen MR) is 83.6 cm³/mol. The first-order valence-electron chi connectivity index (χ1n) is 8.46. The van der Waals surface area contributed by atoms with Crippen molar-refractivity contribution in [2.45, 2.75) is 45.3 Å². The van der Waals surface area contributed by atoms with Crippen molar-refractivity contribution in [2.24, 2.45) is 5.41 Å². The first kappa shape index (κ1) is 13.5. The predicted octanol–water partition coefficient (Wildman–Crippen LogP) is 1.96. The smallest absolute Gasteiger partial charge is 0.339 e. The van der Waals surface area contributed by atoms with Crippen LogP contribution in [0.25, 0.3) is 0 Å². The van der Waals surface area contributed by atoms with E-state index >= 15 is 0 Å². The molecule has 1 spiro atoms. The summed E-state index contributed by atoms with van der Waals surface area (Å²) in [6.45, 7) is 6.97. The number of carbonyl (C=O) groups excluding carboxylic acids is 2. The highest BCUT2D eigenvalue weighted by molar-refractivity contribution is 5.99. The van der Waals surface area contributed by atoms with Crippen molar-refractivity contribution in [3.05, 3.63) is 28.8 Å². The largest absolute Gasteiger partial charge is 0.491 e. The van der Waals surface area contributed by atoms with Gasteiger partial charge in [0.2, 0.25) is 0 Å². The Morgan fingerprint density at radius 1 is 1.30 bits per heavy atom. The number of ether oxygens (including phenoxy) is 2. The molecule has 0 amide bonds. The molecule has 0 radical (unpaired) electrons. The van der Waals surface area contributed by atoms with Crippen LogP contribution in [0.5, 0.6) is 5.75 Å². The molecule has 3 aliphatic heterocycles. The lowest BCUT2D eigenvalue weighted by molar-refractivity contribution is -0.132. The van der Waals surface area contributed by atoms with Gasteiger partial charge in [-0.05, 0) is 24.4 Å². The molecule has 2 atom stereocenters. The van der Waals surface area contributed by atoms with Gasteiger partial charge in [-0.3, -0.25) is 4.79 Å². The minimum Gasteiger partial charge on any atom is -0.491 e. The molecule has 23 heavy (non-hydrogen) atoms. The minimum atomic E-state index is -0.717. The standard InChI is InChI=1S/C18H21NO4/c1-17(2,3)14-15(20)18(6-7-19-14)9-23-13-11-8-22-16(21)10(11)4-5-12(13)18/h4-5,14,19H,6-9H2,1-3H3/i/hD. The van der Waals surface area contributed by atoms with Crippen molar-refractivity contribution >= 4 is 11.8 Å². The Hall–Kier alpha value is -1.88. The molecule has 1 saturated heterocycles. The van der Waals surface area contributed by atoms with Crippen molar-refractivity contribution in [3.63, 3.8) is 0 Å². The molecule has 0 bridgehead atoms. The minimum absolute atomic E-state index is 0.0418. The van der Waals surface area contributed by atoms with Crippen molar-refractivity contribution < 1.29 is 20.5 Å². The molecule has 0 saturated carbocycles. The maximum atomic E-state index is 13.4. The molecule has 122 valence electrons. The zero-order valence-corrected chi connectivity index (χ0v) is 13.6. The lowest BCUT2D eigenvalue weighted by Crippen LogP contribution is -2.60. The summed E-state index contributed by atoms with van der Waals surface area (Å²) >= 11 is 0. The van der Waals surface area contributed by atoms with Crippen molar-refractivity contribution in [1.82, 2.24) is 5.31 Å². The van der Waals surface area contributed by atoms with Crippen LogP contribution >= 0.6 is 0 Å². The number of esters is 1. The summed E-state index contributed by atoms with van der Waals surface area (Å²) in [6.07, 6.45) is 0.558. The van der Waals surface area contributed by atoms with E-state index in [1.54, 1.807) is 6.07 Å². The van der Waals surface area contributed by atoms with Crippen LogP contribution < -0.4 is 10.0 Å². The number of hydrogen-bond donors (Lipinski definition) is 1. The Morgan fingerprint density at radius 3 is 2.83 bits per heavy atom. The van der Waals surface area contributed by atoms with Crippen LogP contribution in [0.1, 0.15) is 48.7 Å². The SMILES string of the molecule is [2H]N1CCC2(COc3c2ccc2c3COC2=O)C(=O)C1C(C)(C)C. The quantitative estimate of drug-likeness (QED) is 0.741. The molecule has 4 rings (SSSR count). The molecule has 0 aromatic heterocycles. The van der Waals surface area contributed by atoms with Crippen molar-refractivity contribution in [2.75, 3.05) is 13.2 Å². The molecule has 0 aliphatic carbocycles. The maximum absolute atomic E-state index is 13.4. The summed E-state index contributed by atoms with van der Waals surface area (Å²) in [5.41, 5.74) is 1.09. The number of fused-ring (bicyclic) bond motifs is 4. The third kappa shape index (κ3) is 1.89. The van der Waals surface area contributed by atoms with E-state index in [2.05, 4.69) is 0 Å². The molecular formula is C18H21NO4. The van der Waals surface area contributed by atoms with E-state index in [1.807, 2.05) is 26.8 Å². The Balaban J connectivity index is 1.82. The highest BCUT2D eigenvalue weighted by atomic mass is 16.5. The third-order valence-corrected chi connectivity index (χ3v) is 5.20. The van der Waals surface area contributed by atoms with E-state index < -0.39 is 11.5 Å². The van der Waals surface area contributed by atoms with Crippen LogP contribution in [0.3, 0.4) is 0 Å². The second-order valence-electron chi connectivity index (χ2n) is 7.70. The van der Waals surface area contributed by atoms with Gasteiger partial charge in [-0.1, -0.05) is 26.8 Å². The third-order valence-electron chi connectivity index (χ3n) is 5.20. The van der Waals surface area contributed by atoms with Crippen LogP contribution in [0.4, 0.5) is 0 Å². The summed E-state index contributed by atoms with van der Waals surface area (Å²) in [6, 6.07) is 3.10. The molecule has 2 unspecified atom stereocenters. The van der Waals surface area contributed by atoms with Crippen LogP contribution in [-0.4, -0.2) is 30.9 Å². The Bertz CT molecular complexity index is 754. The second kappa shape index (κ2) is 4.57. The van der Waals surface area contributed by atoms with Crippen molar-refractivity contribution in [3.8, 4) is 5.75 Å². The summed E-state index contributed by atoms with van der Waals surface area (Å²) < 4.78 is 19.2. The molecule has 1 fully saturated rings. The highest BCUT2D eigenvalue weighted by Crippen LogP contribution is 2.48. The number of nitrogens with one attached hydrogen (secondary N) is 1. The van der Waals surface area contributed by atoms with Crippen LogP contribution in [0, 0.1) is 5.41 Å². The Kier molecular flexibility index (Phi) is 2.69. The maximum Gasteiger partial charge on any atom is 0.339 e. The molecule has 5 heteroatoms. The number of rotatable bonds is 0. The number of ketones is 1. The van der Waals surface area contributed by atoms with E-state index in [0.717, 1.165) is 11.1 Å². The van der Waals surface area contributed by atoms with Gasteiger partial charge >= 0.3 is 5.97 Å². The molecule has 3 heterocycles. The lowest BCUT2D eigenvalue weighted by atomic mass is 9.66. The zero-order chi connectivity index (χ0) is 17.3. The lowest BCUT2D eigenvalue weighted by Gasteiger charge is -2.41. The number of hydrogen-bond acceptors (Lipinski definition) is 5. The van der Waals surface area contributed by atoms with Crippen molar-refractivity contribution in [1.29, 1.82) is 0 Å². The van der Waals surface area contributed by atoms with Crippen LogP contribution in [0.15, 0.2) is 12.1 Å². The van der Waals surface area contributed by atoms with Gasteiger partial charge in [0.25, 0.3) is 0 Å².